The maximum absolute atomic E-state index is 10.2. The third kappa shape index (κ3) is 1.94. The highest BCUT2D eigenvalue weighted by Crippen LogP contribution is 2.18. The predicted molar refractivity (Wildman–Crippen MR) is 34.8 cm³/mol. The molecule has 0 saturated heterocycles. The van der Waals surface area contributed by atoms with Crippen molar-refractivity contribution in [2.24, 2.45) is 0 Å². The van der Waals surface area contributed by atoms with Crippen molar-refractivity contribution in [3.63, 3.8) is 0 Å². The first-order chi connectivity index (χ1) is 4.33. The lowest BCUT2D eigenvalue weighted by Gasteiger charge is -2.10. The topological polar surface area (TPSA) is 50.1 Å². The molecule has 0 fully saturated rings. The minimum Gasteiger partial charge on any atom is -0.420 e. The summed E-state index contributed by atoms with van der Waals surface area (Å²) in [5.41, 5.74) is 0. The van der Waals surface area contributed by atoms with Crippen molar-refractivity contribution < 1.29 is 9.53 Å². The minimum atomic E-state index is -0.819. The van der Waals surface area contributed by atoms with Gasteiger partial charge in [0.1, 0.15) is 5.76 Å². The number of allylic oxidation sites excluding steroid dienone is 2. The summed E-state index contributed by atoms with van der Waals surface area (Å²) in [5.74, 6) is -0.192. The van der Waals surface area contributed by atoms with E-state index in [4.69, 9.17) is 5.26 Å². The summed E-state index contributed by atoms with van der Waals surface area (Å²) >= 11 is 0. The van der Waals surface area contributed by atoms with Crippen molar-refractivity contribution in [3.05, 3.63) is 11.8 Å². The van der Waals surface area contributed by atoms with Crippen LogP contribution in [0, 0.1) is 11.3 Å². The summed E-state index contributed by atoms with van der Waals surface area (Å²) in [6.45, 7) is 0. The summed E-state index contributed by atoms with van der Waals surface area (Å²) < 4.78 is 4.50. The van der Waals surface area contributed by atoms with E-state index in [0.29, 0.717) is 5.76 Å². The summed E-state index contributed by atoms with van der Waals surface area (Å²) in [4.78, 5) is 10.2. The van der Waals surface area contributed by atoms with Gasteiger partial charge in [-0.15, -0.1) is 0 Å². The van der Waals surface area contributed by atoms with Gasteiger partial charge in [0.15, 0.2) is 6.07 Å². The minimum absolute atomic E-state index is 0. The molecule has 0 heterocycles. The van der Waals surface area contributed by atoms with Crippen molar-refractivity contribution in [2.75, 3.05) is 0 Å². The fourth-order valence-corrected chi connectivity index (χ4v) is 0.497. The standard InChI is InChI=1S/C6H5NO2.B/c7-4-6(8)9-5-2-1-3-5;/h2H,1,3H2;. The highest BCUT2D eigenvalue weighted by molar-refractivity contribution is 5.86. The molecule has 49 valence electrons. The van der Waals surface area contributed by atoms with E-state index < -0.39 is 5.97 Å². The van der Waals surface area contributed by atoms with Crippen molar-refractivity contribution in [1.82, 2.24) is 0 Å². The number of nitriles is 1. The first kappa shape index (κ1) is 8.76. The van der Waals surface area contributed by atoms with Crippen LogP contribution in [0.3, 0.4) is 0 Å². The molecule has 1 aliphatic carbocycles. The summed E-state index contributed by atoms with van der Waals surface area (Å²) in [6, 6.07) is 1.36. The maximum atomic E-state index is 10.2. The molecule has 0 unspecified atom stereocenters. The Balaban J connectivity index is 0.000000810. The van der Waals surface area contributed by atoms with Crippen molar-refractivity contribution in [2.45, 2.75) is 12.8 Å². The van der Waals surface area contributed by atoms with Crippen LogP contribution < -0.4 is 0 Å². The maximum Gasteiger partial charge on any atom is 0.416 e. The second-order valence-corrected chi connectivity index (χ2v) is 1.71. The molecule has 1 aliphatic rings. The van der Waals surface area contributed by atoms with Crippen LogP contribution in [0.2, 0.25) is 0 Å². The average molecular weight is 134 g/mol. The van der Waals surface area contributed by atoms with Crippen LogP contribution in [-0.2, 0) is 9.53 Å². The molecule has 0 aromatic heterocycles. The third-order valence-corrected chi connectivity index (χ3v) is 1.08. The lowest BCUT2D eigenvalue weighted by atomic mass is 10.1. The SMILES string of the molecule is N#CC(=O)OC1=CCC1.[B]. The van der Waals surface area contributed by atoms with Crippen molar-refractivity contribution in [1.29, 1.82) is 5.26 Å². The van der Waals surface area contributed by atoms with Gasteiger partial charge in [-0.25, -0.2) is 4.79 Å². The second kappa shape index (κ2) is 3.73. The molecule has 0 atom stereocenters. The Labute approximate surface area is 60.9 Å². The van der Waals surface area contributed by atoms with Crippen LogP contribution in [0.25, 0.3) is 0 Å². The molecule has 0 aliphatic heterocycles. The van der Waals surface area contributed by atoms with Gasteiger partial charge in [0.25, 0.3) is 0 Å². The molecule has 1 rings (SSSR count). The molecule has 0 N–H and O–H groups in total. The van der Waals surface area contributed by atoms with Crippen molar-refractivity contribution >= 4 is 14.4 Å². The number of carbonyl (C=O) groups excluding carboxylic acids is 1. The van der Waals surface area contributed by atoms with Gasteiger partial charge in [-0.05, 0) is 12.5 Å². The third-order valence-electron chi connectivity index (χ3n) is 1.08. The highest BCUT2D eigenvalue weighted by Gasteiger charge is 2.10. The Kier molecular flexibility index (Phi) is 3.27. The average Bonchev–Trinajstić information content (AvgIpc) is 1.78. The fraction of sp³-hybridized carbons (Fsp3) is 0.333. The highest BCUT2D eigenvalue weighted by atomic mass is 16.5. The quantitative estimate of drug-likeness (QED) is 0.295. The van der Waals surface area contributed by atoms with E-state index in [9.17, 15) is 4.79 Å². The van der Waals surface area contributed by atoms with Gasteiger partial charge in [0.05, 0.1) is 0 Å². The van der Waals surface area contributed by atoms with E-state index >= 15 is 0 Å². The Bertz CT molecular complexity index is 204. The molecule has 0 amide bonds. The van der Waals surface area contributed by atoms with Gasteiger partial charge in [0.2, 0.25) is 0 Å². The van der Waals surface area contributed by atoms with E-state index in [1.54, 1.807) is 6.08 Å². The monoisotopic (exact) mass is 134 g/mol. The van der Waals surface area contributed by atoms with Gasteiger partial charge in [-0.3, -0.25) is 0 Å². The van der Waals surface area contributed by atoms with Crippen LogP contribution in [0.1, 0.15) is 12.8 Å². The Morgan fingerprint density at radius 1 is 1.80 bits per heavy atom. The van der Waals surface area contributed by atoms with Crippen LogP contribution in [0.15, 0.2) is 11.8 Å². The van der Waals surface area contributed by atoms with Crippen molar-refractivity contribution in [3.8, 4) is 6.07 Å². The Hall–Kier alpha value is -1.24. The molecule has 3 radical (unpaired) electrons. The molecule has 3 nitrogen and oxygen atoms in total. The molecule has 4 heteroatoms. The van der Waals surface area contributed by atoms with E-state index in [2.05, 4.69) is 4.74 Å². The number of hydrogen-bond acceptors (Lipinski definition) is 3. The van der Waals surface area contributed by atoms with Crippen LogP contribution >= 0.6 is 0 Å². The number of esters is 1. The lowest BCUT2D eigenvalue weighted by Crippen LogP contribution is -2.05. The molecule has 0 saturated carbocycles. The zero-order valence-electron chi connectivity index (χ0n) is 5.33. The fourth-order valence-electron chi connectivity index (χ4n) is 0.497. The first-order valence-corrected chi connectivity index (χ1v) is 2.64. The normalized spacial score (nSPS) is 13.3. The molecule has 0 bridgehead atoms. The van der Waals surface area contributed by atoms with E-state index in [-0.39, 0.29) is 8.41 Å². The van der Waals surface area contributed by atoms with Gasteiger partial charge in [-0.2, -0.15) is 5.26 Å². The number of hydrogen-bond donors (Lipinski definition) is 0. The van der Waals surface area contributed by atoms with Gasteiger partial charge < -0.3 is 4.74 Å². The second-order valence-electron chi connectivity index (χ2n) is 1.71. The van der Waals surface area contributed by atoms with E-state index in [1.807, 2.05) is 0 Å². The van der Waals surface area contributed by atoms with Crippen LogP contribution in [0.5, 0.6) is 0 Å². The molecule has 0 spiro atoms. The smallest absolute Gasteiger partial charge is 0.416 e. The first-order valence-electron chi connectivity index (χ1n) is 2.64. The molecular formula is C6H5BNO2. The van der Waals surface area contributed by atoms with Crippen LogP contribution in [0.4, 0.5) is 0 Å². The number of rotatable bonds is 1. The Morgan fingerprint density at radius 3 is 2.70 bits per heavy atom. The lowest BCUT2D eigenvalue weighted by molar-refractivity contribution is -0.133. The van der Waals surface area contributed by atoms with Gasteiger partial charge in [0, 0.05) is 14.8 Å². The number of carbonyl (C=O) groups is 1. The zero-order valence-corrected chi connectivity index (χ0v) is 5.33. The molecule has 10 heavy (non-hydrogen) atoms. The van der Waals surface area contributed by atoms with Gasteiger partial charge >= 0.3 is 5.97 Å². The summed E-state index contributed by atoms with van der Waals surface area (Å²) in [5, 5.41) is 7.95. The largest absolute Gasteiger partial charge is 0.420 e. The molecule has 0 aromatic carbocycles. The molecule has 0 aromatic rings. The Morgan fingerprint density at radius 2 is 2.40 bits per heavy atom. The number of ether oxygens (including phenoxy) is 1. The van der Waals surface area contributed by atoms with E-state index in [0.717, 1.165) is 12.8 Å². The van der Waals surface area contributed by atoms with Crippen LogP contribution in [-0.4, -0.2) is 14.4 Å². The number of nitrogens with zero attached hydrogens (tertiary/aromatic N) is 1. The summed E-state index contributed by atoms with van der Waals surface area (Å²) in [7, 11) is 0. The summed E-state index contributed by atoms with van der Waals surface area (Å²) in [6.07, 6.45) is 3.52. The molecular weight excluding hydrogens is 129 g/mol. The predicted octanol–water partition coefficient (Wildman–Crippen LogP) is 0.350. The zero-order chi connectivity index (χ0) is 6.69. The van der Waals surface area contributed by atoms with Gasteiger partial charge in [-0.1, -0.05) is 0 Å². The van der Waals surface area contributed by atoms with E-state index in [1.165, 1.54) is 6.07 Å².